The van der Waals surface area contributed by atoms with Crippen molar-refractivity contribution in [3.8, 4) is 0 Å². The Bertz CT molecular complexity index is 462. The molecule has 5 heteroatoms. The Balaban J connectivity index is 2.64. The predicted molar refractivity (Wildman–Crippen MR) is 79.4 cm³/mol. The standard InChI is InChI=1S/C13H18BrNO2S/c1-9-4-5-12(14)11(8-9)13(16)15-10(2)6-7-18(3)17/h4-5,8,10H,6-7H2,1-3H3,(H,15,16). The Labute approximate surface area is 119 Å². The molecule has 0 saturated carbocycles. The number of hydrogen-bond donors (Lipinski definition) is 1. The van der Waals surface area contributed by atoms with Crippen LogP contribution >= 0.6 is 15.9 Å². The van der Waals surface area contributed by atoms with Gasteiger partial charge in [0.2, 0.25) is 0 Å². The normalized spacial score (nSPS) is 14.0. The monoisotopic (exact) mass is 331 g/mol. The Morgan fingerprint density at radius 2 is 2.17 bits per heavy atom. The summed E-state index contributed by atoms with van der Waals surface area (Å²) < 4.78 is 11.8. The molecule has 0 aromatic heterocycles. The third-order valence-electron chi connectivity index (χ3n) is 2.58. The summed E-state index contributed by atoms with van der Waals surface area (Å²) in [4.78, 5) is 12.1. The van der Waals surface area contributed by atoms with E-state index in [0.717, 1.165) is 16.5 Å². The van der Waals surface area contributed by atoms with Gasteiger partial charge in [0.1, 0.15) is 0 Å². The number of carbonyl (C=O) groups excluding carboxylic acids is 1. The van der Waals surface area contributed by atoms with Crippen LogP contribution in [0.5, 0.6) is 0 Å². The first-order chi connectivity index (χ1) is 8.40. The van der Waals surface area contributed by atoms with E-state index < -0.39 is 10.8 Å². The second kappa shape index (κ2) is 7.04. The molecule has 0 heterocycles. The number of amides is 1. The Hall–Kier alpha value is -0.680. The van der Waals surface area contributed by atoms with Crippen LogP contribution in [0.15, 0.2) is 22.7 Å². The van der Waals surface area contributed by atoms with Crippen LogP contribution in [0.3, 0.4) is 0 Å². The molecule has 0 saturated heterocycles. The smallest absolute Gasteiger partial charge is 0.252 e. The summed E-state index contributed by atoms with van der Waals surface area (Å²) in [7, 11) is -0.814. The van der Waals surface area contributed by atoms with Gasteiger partial charge < -0.3 is 5.32 Å². The number of halogens is 1. The maximum atomic E-state index is 12.1. The SMILES string of the molecule is Cc1ccc(Br)c(C(=O)NC(C)CCS(C)=O)c1. The van der Waals surface area contributed by atoms with Crippen LogP contribution in [0, 0.1) is 6.92 Å². The van der Waals surface area contributed by atoms with Gasteiger partial charge >= 0.3 is 0 Å². The Morgan fingerprint density at radius 1 is 1.50 bits per heavy atom. The summed E-state index contributed by atoms with van der Waals surface area (Å²) >= 11 is 3.37. The van der Waals surface area contributed by atoms with Gasteiger partial charge in [0.15, 0.2) is 0 Å². The molecule has 2 unspecified atom stereocenters. The third-order valence-corrected chi connectivity index (χ3v) is 4.08. The molecule has 0 spiro atoms. The molecule has 1 aromatic rings. The molecule has 0 aliphatic heterocycles. The fraction of sp³-hybridized carbons (Fsp3) is 0.462. The number of rotatable bonds is 5. The van der Waals surface area contributed by atoms with Gasteiger partial charge in [-0.1, -0.05) is 11.6 Å². The summed E-state index contributed by atoms with van der Waals surface area (Å²) in [6.07, 6.45) is 2.39. The fourth-order valence-corrected chi connectivity index (χ4v) is 2.64. The van der Waals surface area contributed by atoms with Crippen LogP contribution in [0.2, 0.25) is 0 Å². The van der Waals surface area contributed by atoms with E-state index in [1.165, 1.54) is 0 Å². The molecule has 0 fully saturated rings. The lowest BCUT2D eigenvalue weighted by Crippen LogP contribution is -2.33. The van der Waals surface area contributed by atoms with Crippen LogP contribution in [-0.4, -0.2) is 28.2 Å². The van der Waals surface area contributed by atoms with Crippen molar-refractivity contribution in [2.45, 2.75) is 26.3 Å². The molecular weight excluding hydrogens is 314 g/mol. The second-order valence-electron chi connectivity index (χ2n) is 4.42. The van der Waals surface area contributed by atoms with E-state index in [1.807, 2.05) is 32.0 Å². The molecule has 1 N–H and O–H groups in total. The highest BCUT2D eigenvalue weighted by atomic mass is 79.9. The lowest BCUT2D eigenvalue weighted by Gasteiger charge is -2.14. The first-order valence-corrected chi connectivity index (χ1v) is 8.29. The molecule has 2 atom stereocenters. The summed E-state index contributed by atoms with van der Waals surface area (Å²) in [5, 5.41) is 2.92. The van der Waals surface area contributed by atoms with Gasteiger partial charge in [-0.25, -0.2) is 0 Å². The van der Waals surface area contributed by atoms with Crippen LogP contribution in [0.1, 0.15) is 29.3 Å². The molecule has 0 bridgehead atoms. The van der Waals surface area contributed by atoms with Crippen LogP contribution in [-0.2, 0) is 10.8 Å². The van der Waals surface area contributed by atoms with Crippen molar-refractivity contribution < 1.29 is 9.00 Å². The van der Waals surface area contributed by atoms with Crippen molar-refractivity contribution in [1.82, 2.24) is 5.32 Å². The van der Waals surface area contributed by atoms with Crippen LogP contribution < -0.4 is 5.32 Å². The van der Waals surface area contributed by atoms with Gasteiger partial charge in [-0.15, -0.1) is 0 Å². The molecular formula is C13H18BrNO2S. The maximum Gasteiger partial charge on any atom is 0.252 e. The highest BCUT2D eigenvalue weighted by molar-refractivity contribution is 9.10. The number of benzene rings is 1. The van der Waals surface area contributed by atoms with Gasteiger partial charge in [-0.05, 0) is 48.3 Å². The number of carbonyl (C=O) groups is 1. The molecule has 0 radical (unpaired) electrons. The van der Waals surface area contributed by atoms with E-state index in [4.69, 9.17) is 0 Å². The first-order valence-electron chi connectivity index (χ1n) is 5.77. The average molecular weight is 332 g/mol. The van der Waals surface area contributed by atoms with Gasteiger partial charge in [0.05, 0.1) is 5.56 Å². The van der Waals surface area contributed by atoms with E-state index in [2.05, 4.69) is 21.2 Å². The van der Waals surface area contributed by atoms with Crippen molar-refractivity contribution >= 4 is 32.6 Å². The lowest BCUT2D eigenvalue weighted by atomic mass is 10.1. The van der Waals surface area contributed by atoms with Gasteiger partial charge in [-0.3, -0.25) is 9.00 Å². The lowest BCUT2D eigenvalue weighted by molar-refractivity contribution is 0.0938. The maximum absolute atomic E-state index is 12.1. The van der Waals surface area contributed by atoms with E-state index in [1.54, 1.807) is 6.26 Å². The molecule has 0 aliphatic rings. The van der Waals surface area contributed by atoms with E-state index in [0.29, 0.717) is 11.3 Å². The van der Waals surface area contributed by atoms with Crippen LogP contribution in [0.25, 0.3) is 0 Å². The van der Waals surface area contributed by atoms with Crippen LogP contribution in [0.4, 0.5) is 0 Å². The molecule has 18 heavy (non-hydrogen) atoms. The molecule has 100 valence electrons. The largest absolute Gasteiger partial charge is 0.350 e. The highest BCUT2D eigenvalue weighted by Crippen LogP contribution is 2.18. The molecule has 3 nitrogen and oxygen atoms in total. The molecule has 1 rings (SSSR count). The summed E-state index contributed by atoms with van der Waals surface area (Å²) in [5.41, 5.74) is 1.69. The molecule has 1 aromatic carbocycles. The van der Waals surface area contributed by atoms with E-state index >= 15 is 0 Å². The number of hydrogen-bond acceptors (Lipinski definition) is 2. The minimum Gasteiger partial charge on any atom is -0.350 e. The minimum atomic E-state index is -0.814. The fourth-order valence-electron chi connectivity index (χ4n) is 1.53. The zero-order valence-corrected chi connectivity index (χ0v) is 13.2. The summed E-state index contributed by atoms with van der Waals surface area (Å²) in [5.74, 6) is 0.510. The first kappa shape index (κ1) is 15.4. The molecule has 0 aliphatic carbocycles. The summed E-state index contributed by atoms with van der Waals surface area (Å²) in [6, 6.07) is 5.69. The van der Waals surface area contributed by atoms with Crippen molar-refractivity contribution in [3.63, 3.8) is 0 Å². The highest BCUT2D eigenvalue weighted by Gasteiger charge is 2.13. The average Bonchev–Trinajstić information content (AvgIpc) is 2.29. The quantitative estimate of drug-likeness (QED) is 0.901. The van der Waals surface area contributed by atoms with Crippen molar-refractivity contribution in [2.75, 3.05) is 12.0 Å². The summed E-state index contributed by atoms with van der Waals surface area (Å²) in [6.45, 7) is 3.88. The van der Waals surface area contributed by atoms with Crippen molar-refractivity contribution in [3.05, 3.63) is 33.8 Å². The topological polar surface area (TPSA) is 46.2 Å². The van der Waals surface area contributed by atoms with Gasteiger partial charge in [0, 0.05) is 33.3 Å². The van der Waals surface area contributed by atoms with Crippen molar-refractivity contribution in [1.29, 1.82) is 0 Å². The Kier molecular flexibility index (Phi) is 6.02. The predicted octanol–water partition coefficient (Wildman–Crippen LogP) is 2.64. The zero-order valence-electron chi connectivity index (χ0n) is 10.8. The number of nitrogens with one attached hydrogen (secondary N) is 1. The van der Waals surface area contributed by atoms with Gasteiger partial charge in [-0.2, -0.15) is 0 Å². The number of aryl methyl sites for hydroxylation is 1. The Morgan fingerprint density at radius 3 is 2.78 bits per heavy atom. The second-order valence-corrected chi connectivity index (χ2v) is 6.83. The van der Waals surface area contributed by atoms with Crippen molar-refractivity contribution in [2.24, 2.45) is 0 Å². The molecule has 1 amide bonds. The third kappa shape index (κ3) is 4.90. The van der Waals surface area contributed by atoms with E-state index in [-0.39, 0.29) is 11.9 Å². The minimum absolute atomic E-state index is 0.0220. The zero-order chi connectivity index (χ0) is 13.7. The van der Waals surface area contributed by atoms with E-state index in [9.17, 15) is 9.00 Å². The van der Waals surface area contributed by atoms with Gasteiger partial charge in [0.25, 0.3) is 5.91 Å².